The molecule has 1 aromatic carbocycles. The highest BCUT2D eigenvalue weighted by atomic mass is 16.5. The molecule has 4 fully saturated rings. The van der Waals surface area contributed by atoms with E-state index in [9.17, 15) is 19.8 Å². The smallest absolute Gasteiger partial charge is 0.236 e. The maximum atomic E-state index is 14.9. The fourth-order valence-electron chi connectivity index (χ4n) is 11.1. The number of hydrogen-bond acceptors (Lipinski definition) is 5. The average molecular weight is 520 g/mol. The molecule has 3 heterocycles. The van der Waals surface area contributed by atoms with Crippen LogP contribution in [0.1, 0.15) is 65.9 Å². The summed E-state index contributed by atoms with van der Waals surface area (Å²) in [5, 5.41) is 26.2. The monoisotopic (exact) mass is 519 g/mol. The Morgan fingerprint density at radius 2 is 1.76 bits per heavy atom. The lowest BCUT2D eigenvalue weighted by molar-refractivity contribution is -0.167. The van der Waals surface area contributed by atoms with Crippen LogP contribution in [0.3, 0.4) is 0 Å². The largest absolute Gasteiger partial charge is 0.490 e. The highest BCUT2D eigenvalue weighted by Gasteiger charge is 2.74. The van der Waals surface area contributed by atoms with Crippen molar-refractivity contribution in [1.82, 2.24) is 5.32 Å². The molecular weight excluding hydrogens is 478 g/mol. The second-order valence-electron chi connectivity index (χ2n) is 14.6. The van der Waals surface area contributed by atoms with E-state index in [1.54, 1.807) is 0 Å². The van der Waals surface area contributed by atoms with Gasteiger partial charge in [-0.05, 0) is 67.1 Å². The van der Waals surface area contributed by atoms with Gasteiger partial charge in [0.2, 0.25) is 5.91 Å². The van der Waals surface area contributed by atoms with Crippen LogP contribution in [0.2, 0.25) is 0 Å². The van der Waals surface area contributed by atoms with Crippen molar-refractivity contribution in [2.45, 2.75) is 84.7 Å². The predicted octanol–water partition coefficient (Wildman–Crippen LogP) is 4.04. The number of aliphatic hydroxyl groups excluding tert-OH is 1. The summed E-state index contributed by atoms with van der Waals surface area (Å²) in [5.74, 6) is 0.870. The number of allylic oxidation sites excluding steroid dienone is 1. The van der Waals surface area contributed by atoms with Crippen LogP contribution in [0.4, 0.5) is 0 Å². The van der Waals surface area contributed by atoms with Gasteiger partial charge in [0.15, 0.2) is 5.78 Å². The van der Waals surface area contributed by atoms with Gasteiger partial charge in [-0.2, -0.15) is 0 Å². The number of rotatable bonds is 0. The number of ether oxygens (including phenoxy) is 1. The predicted molar refractivity (Wildman–Crippen MR) is 142 cm³/mol. The molecule has 3 N–H and O–H groups in total. The first-order valence-electron chi connectivity index (χ1n) is 14.5. The van der Waals surface area contributed by atoms with Gasteiger partial charge in [0.1, 0.15) is 23.0 Å². The van der Waals surface area contributed by atoms with Gasteiger partial charge < -0.3 is 20.3 Å². The lowest BCUT2D eigenvalue weighted by Crippen LogP contribution is -2.63. The molecule has 1 aromatic rings. The van der Waals surface area contributed by atoms with Gasteiger partial charge in [0.25, 0.3) is 0 Å². The third kappa shape index (κ3) is 2.97. The average Bonchev–Trinajstić information content (AvgIpc) is 3.21. The first-order valence-corrected chi connectivity index (χ1v) is 14.5. The lowest BCUT2D eigenvalue weighted by atomic mass is 9.47. The fraction of sp³-hybridized carbons (Fsp3) is 0.688. The summed E-state index contributed by atoms with van der Waals surface area (Å²) in [7, 11) is 0. The summed E-state index contributed by atoms with van der Waals surface area (Å²) >= 11 is 0. The van der Waals surface area contributed by atoms with E-state index in [4.69, 9.17) is 4.74 Å². The Labute approximate surface area is 225 Å². The SMILES string of the molecule is CC1=C[C@@]2(C)[C@@H]3C(=O)[C@]4(C[C@@H]2O)C[C@@](O)(Cc2ccc(cc2)O[C@H]2[C@H]3[C@@H]1[C@]1(C)C[C@H](C)C[C@H](C)[C@@H]21)NC4=O. The third-order valence-electron chi connectivity index (χ3n) is 11.9. The summed E-state index contributed by atoms with van der Waals surface area (Å²) in [4.78, 5) is 28.6. The van der Waals surface area contributed by atoms with Gasteiger partial charge >= 0.3 is 0 Å². The van der Waals surface area contributed by atoms with Crippen LogP contribution in [-0.2, 0) is 16.0 Å². The highest BCUT2D eigenvalue weighted by Crippen LogP contribution is 2.70. The Bertz CT molecular complexity index is 1260. The van der Waals surface area contributed by atoms with E-state index >= 15 is 0 Å². The van der Waals surface area contributed by atoms with E-state index in [1.165, 1.54) is 5.57 Å². The van der Waals surface area contributed by atoms with E-state index in [1.807, 2.05) is 31.2 Å². The van der Waals surface area contributed by atoms with Gasteiger partial charge in [-0.15, -0.1) is 0 Å². The molecule has 12 atom stereocenters. The fourth-order valence-corrected chi connectivity index (χ4v) is 11.1. The standard InChI is InChI=1S/C32H41NO5/c1-16-10-17(2)24-26-22-23(30(24,5)11-16)18(3)12-29(4)21(34)14-31(27(35)25(22)29)15-32(37,33-28(31)36)13-19-6-8-20(38-26)9-7-19/h6-9,12,16-17,21-26,34,37H,10-11,13-15H2,1-5H3,(H,33,36)/t16-,17+,21+,22+,23-,24+,25+,26+,29-,30+,31+,32+/m1/s1. The van der Waals surface area contributed by atoms with E-state index in [0.717, 1.165) is 24.2 Å². The molecule has 6 heteroatoms. The molecule has 1 amide bonds. The Morgan fingerprint density at radius 3 is 2.47 bits per heavy atom. The third-order valence-corrected chi connectivity index (χ3v) is 11.9. The van der Waals surface area contributed by atoms with E-state index in [2.05, 4.69) is 39.1 Å². The number of fused-ring (bicyclic) bond motifs is 4. The lowest BCUT2D eigenvalue weighted by Gasteiger charge is -2.56. The summed E-state index contributed by atoms with van der Waals surface area (Å²) in [6.07, 6.45) is 3.51. The molecule has 5 bridgehead atoms. The number of aliphatic hydroxyl groups is 2. The maximum absolute atomic E-state index is 14.9. The molecule has 3 saturated carbocycles. The quantitative estimate of drug-likeness (QED) is 0.355. The van der Waals surface area contributed by atoms with Gasteiger partial charge in [0, 0.05) is 36.0 Å². The molecule has 4 aliphatic carbocycles. The molecule has 3 aliphatic heterocycles. The van der Waals surface area contributed by atoms with Crippen molar-refractivity contribution < 1.29 is 24.5 Å². The van der Waals surface area contributed by atoms with Crippen LogP contribution in [0.5, 0.6) is 5.75 Å². The molecule has 38 heavy (non-hydrogen) atoms. The van der Waals surface area contributed by atoms with E-state index in [0.29, 0.717) is 11.8 Å². The number of nitrogens with one attached hydrogen (secondary N) is 1. The van der Waals surface area contributed by atoms with Crippen molar-refractivity contribution in [2.24, 2.45) is 51.8 Å². The molecule has 8 rings (SSSR count). The van der Waals surface area contributed by atoms with Crippen molar-refractivity contribution in [2.75, 3.05) is 0 Å². The summed E-state index contributed by atoms with van der Waals surface area (Å²) in [5.41, 5.74) is -1.71. The van der Waals surface area contributed by atoms with Gasteiger partial charge in [-0.25, -0.2) is 0 Å². The first kappa shape index (κ1) is 24.8. The minimum atomic E-state index is -1.53. The Hall–Kier alpha value is -2.18. The number of hydrogen-bond donors (Lipinski definition) is 3. The van der Waals surface area contributed by atoms with Crippen LogP contribution in [0.15, 0.2) is 35.9 Å². The van der Waals surface area contributed by atoms with Crippen molar-refractivity contribution >= 4 is 11.7 Å². The summed E-state index contributed by atoms with van der Waals surface area (Å²) < 4.78 is 6.97. The Balaban J connectivity index is 1.49. The van der Waals surface area contributed by atoms with Crippen molar-refractivity contribution in [1.29, 1.82) is 0 Å². The van der Waals surface area contributed by atoms with Crippen LogP contribution in [0.25, 0.3) is 0 Å². The summed E-state index contributed by atoms with van der Waals surface area (Å²) in [6, 6.07) is 7.85. The van der Waals surface area contributed by atoms with Crippen LogP contribution < -0.4 is 10.1 Å². The minimum Gasteiger partial charge on any atom is -0.490 e. The number of amides is 1. The Kier molecular flexibility index (Phi) is 4.91. The second-order valence-corrected chi connectivity index (χ2v) is 14.6. The number of carbonyl (C=O) groups is 2. The molecule has 7 aliphatic rings. The Morgan fingerprint density at radius 1 is 1.05 bits per heavy atom. The second kappa shape index (κ2) is 7.51. The van der Waals surface area contributed by atoms with Crippen LogP contribution in [0, 0.1) is 51.8 Å². The van der Waals surface area contributed by atoms with E-state index < -0.39 is 34.5 Å². The molecule has 0 radical (unpaired) electrons. The van der Waals surface area contributed by atoms with E-state index in [-0.39, 0.29) is 54.3 Å². The summed E-state index contributed by atoms with van der Waals surface area (Å²) in [6.45, 7) is 11.3. The first-order chi connectivity index (χ1) is 17.8. The number of benzene rings is 1. The maximum Gasteiger partial charge on any atom is 0.236 e. The van der Waals surface area contributed by atoms with Crippen molar-refractivity contribution in [3.63, 3.8) is 0 Å². The molecule has 0 unspecified atom stereocenters. The van der Waals surface area contributed by atoms with Gasteiger partial charge in [0.05, 0.1) is 6.10 Å². The highest BCUT2D eigenvalue weighted by molar-refractivity contribution is 6.10. The normalized spacial score (nSPS) is 52.7. The number of Topliss-reactive ketones (excluding diaryl/α,β-unsaturated/α-hetero) is 1. The van der Waals surface area contributed by atoms with Gasteiger partial charge in [-0.1, -0.05) is 51.5 Å². The zero-order valence-electron chi connectivity index (χ0n) is 23.2. The molecule has 1 spiro atoms. The molecular formula is C32H41NO5. The minimum absolute atomic E-state index is 0.0111. The van der Waals surface area contributed by atoms with Gasteiger partial charge in [-0.3, -0.25) is 9.59 Å². The number of carbonyl (C=O) groups excluding carboxylic acids is 2. The number of ketones is 1. The zero-order valence-corrected chi connectivity index (χ0v) is 23.2. The topological polar surface area (TPSA) is 95.9 Å². The molecule has 1 saturated heterocycles. The van der Waals surface area contributed by atoms with Crippen molar-refractivity contribution in [3.05, 3.63) is 41.5 Å². The zero-order chi connectivity index (χ0) is 27.0. The van der Waals surface area contributed by atoms with Crippen LogP contribution >= 0.6 is 0 Å². The molecule has 204 valence electrons. The van der Waals surface area contributed by atoms with Crippen LogP contribution in [-0.4, -0.2) is 39.8 Å². The molecule has 6 nitrogen and oxygen atoms in total. The molecule has 0 aromatic heterocycles. The van der Waals surface area contributed by atoms with Crippen molar-refractivity contribution in [3.8, 4) is 5.75 Å².